The van der Waals surface area contributed by atoms with Crippen LogP contribution < -0.4 is 10.1 Å². The van der Waals surface area contributed by atoms with E-state index in [1.54, 1.807) is 21.6 Å². The van der Waals surface area contributed by atoms with Crippen molar-refractivity contribution in [2.45, 2.75) is 26.4 Å². The van der Waals surface area contributed by atoms with Crippen molar-refractivity contribution in [2.75, 3.05) is 33.9 Å². The summed E-state index contributed by atoms with van der Waals surface area (Å²) in [5.41, 5.74) is 6.13. The first kappa shape index (κ1) is 27.1. The second kappa shape index (κ2) is 12.0. The van der Waals surface area contributed by atoms with Crippen LogP contribution in [0.4, 0.5) is 4.39 Å². The molecule has 2 aromatic carbocycles. The highest BCUT2D eigenvalue weighted by Crippen LogP contribution is 2.31. The predicted molar refractivity (Wildman–Crippen MR) is 147 cm³/mol. The fourth-order valence-electron chi connectivity index (χ4n) is 4.17. The van der Waals surface area contributed by atoms with Gasteiger partial charge in [-0.15, -0.1) is 0 Å². The van der Waals surface area contributed by atoms with Gasteiger partial charge < -0.3 is 15.0 Å². The van der Waals surface area contributed by atoms with E-state index < -0.39 is 6.67 Å². The third-order valence-corrected chi connectivity index (χ3v) is 6.38. The number of aryl methyl sites for hydroxylation is 3. The standard InChI is InChI=1S/C29H35FN6O2/c1-20-6-7-27(38-11-10-34(3)4)15-28(20)29(37)33-21(2)22-12-23(25-16-31-35(5)18-25)14-24(13-22)26-17-32-36(19-26)9-8-30/h6-7,12-19,21H,8-11H2,1-5H3,(H,33,37)/t21-/m1/s1. The van der Waals surface area contributed by atoms with E-state index in [2.05, 4.69) is 27.6 Å². The third kappa shape index (κ3) is 6.66. The molecule has 200 valence electrons. The highest BCUT2D eigenvalue weighted by Gasteiger charge is 2.17. The number of carbonyl (C=O) groups excluding carboxylic acids is 1. The smallest absolute Gasteiger partial charge is 0.252 e. The van der Waals surface area contributed by atoms with Crippen LogP contribution in [0.1, 0.15) is 34.5 Å². The van der Waals surface area contributed by atoms with Gasteiger partial charge in [-0.05, 0) is 80.5 Å². The zero-order chi connectivity index (χ0) is 27.2. The van der Waals surface area contributed by atoms with Gasteiger partial charge in [-0.25, -0.2) is 4.39 Å². The molecule has 4 rings (SSSR count). The molecular formula is C29H35FN6O2. The van der Waals surface area contributed by atoms with Gasteiger partial charge in [-0.2, -0.15) is 10.2 Å². The van der Waals surface area contributed by atoms with Crippen LogP contribution in [-0.2, 0) is 13.6 Å². The molecule has 0 radical (unpaired) electrons. The van der Waals surface area contributed by atoms with Crippen molar-refractivity contribution < 1.29 is 13.9 Å². The summed E-state index contributed by atoms with van der Waals surface area (Å²) < 4.78 is 22.0. The Balaban J connectivity index is 1.60. The van der Waals surface area contributed by atoms with Gasteiger partial charge in [0.15, 0.2) is 0 Å². The normalized spacial score (nSPS) is 12.1. The van der Waals surface area contributed by atoms with Gasteiger partial charge in [0.2, 0.25) is 0 Å². The van der Waals surface area contributed by atoms with Crippen molar-refractivity contribution >= 4 is 5.91 Å². The molecule has 1 N–H and O–H groups in total. The number of halogens is 1. The Morgan fingerprint density at radius 3 is 2.42 bits per heavy atom. The molecule has 0 fully saturated rings. The first-order valence-corrected chi connectivity index (χ1v) is 12.7. The Bertz CT molecular complexity index is 1390. The van der Waals surface area contributed by atoms with Gasteiger partial charge in [-0.3, -0.25) is 14.2 Å². The summed E-state index contributed by atoms with van der Waals surface area (Å²) in [6.07, 6.45) is 7.32. The lowest BCUT2D eigenvalue weighted by Crippen LogP contribution is -2.27. The minimum Gasteiger partial charge on any atom is -0.492 e. The van der Waals surface area contributed by atoms with E-state index in [1.807, 2.05) is 76.7 Å². The first-order valence-electron chi connectivity index (χ1n) is 12.7. The number of ether oxygens (including phenoxy) is 1. The summed E-state index contributed by atoms with van der Waals surface area (Å²) >= 11 is 0. The van der Waals surface area contributed by atoms with Crippen LogP contribution >= 0.6 is 0 Å². The van der Waals surface area contributed by atoms with Crippen molar-refractivity contribution in [2.24, 2.45) is 7.05 Å². The molecule has 8 nitrogen and oxygen atoms in total. The molecule has 0 aliphatic rings. The van der Waals surface area contributed by atoms with Crippen molar-refractivity contribution in [3.8, 4) is 28.0 Å². The number of amides is 1. The fourth-order valence-corrected chi connectivity index (χ4v) is 4.17. The van der Waals surface area contributed by atoms with Crippen molar-refractivity contribution in [3.05, 3.63) is 77.9 Å². The number of carbonyl (C=O) groups is 1. The Morgan fingerprint density at radius 2 is 1.76 bits per heavy atom. The van der Waals surface area contributed by atoms with E-state index in [0.29, 0.717) is 17.9 Å². The second-order valence-corrected chi connectivity index (χ2v) is 9.75. The van der Waals surface area contributed by atoms with Crippen molar-refractivity contribution in [1.82, 2.24) is 29.8 Å². The molecule has 9 heteroatoms. The molecule has 0 saturated carbocycles. The van der Waals surface area contributed by atoms with E-state index >= 15 is 0 Å². The maximum Gasteiger partial charge on any atom is 0.252 e. The fraction of sp³-hybridized carbons (Fsp3) is 0.345. The Labute approximate surface area is 223 Å². The van der Waals surface area contributed by atoms with Gasteiger partial charge in [0.25, 0.3) is 5.91 Å². The zero-order valence-electron chi connectivity index (χ0n) is 22.6. The maximum atomic E-state index is 13.3. The average Bonchev–Trinajstić information content (AvgIpc) is 3.54. The number of likely N-dealkylation sites (N-methyl/N-ethyl adjacent to an activating group) is 1. The van der Waals surface area contributed by atoms with Gasteiger partial charge in [0.1, 0.15) is 19.0 Å². The second-order valence-electron chi connectivity index (χ2n) is 9.75. The number of nitrogens with zero attached hydrogens (tertiary/aromatic N) is 5. The van der Waals surface area contributed by atoms with Crippen LogP contribution in [0, 0.1) is 6.92 Å². The molecule has 1 atom stereocenters. The molecule has 0 spiro atoms. The van der Waals surface area contributed by atoms with Gasteiger partial charge >= 0.3 is 0 Å². The molecule has 2 aromatic heterocycles. The number of hydrogen-bond donors (Lipinski definition) is 1. The van der Waals surface area contributed by atoms with E-state index in [-0.39, 0.29) is 18.5 Å². The average molecular weight is 519 g/mol. The van der Waals surface area contributed by atoms with Crippen LogP contribution in [0.15, 0.2) is 61.2 Å². The Hall–Kier alpha value is -3.98. The molecule has 0 saturated heterocycles. The lowest BCUT2D eigenvalue weighted by Gasteiger charge is -2.18. The van der Waals surface area contributed by atoms with Crippen LogP contribution in [0.2, 0.25) is 0 Å². The maximum absolute atomic E-state index is 13.3. The SMILES string of the molecule is Cc1ccc(OCCN(C)C)cc1C(=O)N[C@H](C)c1cc(-c2cnn(C)c2)cc(-c2cnn(CCF)c2)c1. The quantitative estimate of drug-likeness (QED) is 0.313. The largest absolute Gasteiger partial charge is 0.492 e. The lowest BCUT2D eigenvalue weighted by molar-refractivity contribution is 0.0938. The number of alkyl halides is 1. The molecular weight excluding hydrogens is 483 g/mol. The van der Waals surface area contributed by atoms with Crippen LogP contribution in [0.3, 0.4) is 0 Å². The molecule has 0 aliphatic carbocycles. The Kier molecular flexibility index (Phi) is 8.58. The highest BCUT2D eigenvalue weighted by molar-refractivity contribution is 5.96. The summed E-state index contributed by atoms with van der Waals surface area (Å²) in [5.74, 6) is 0.499. The number of nitrogens with one attached hydrogen (secondary N) is 1. The molecule has 4 aromatic rings. The summed E-state index contributed by atoms with van der Waals surface area (Å²) in [7, 11) is 5.85. The molecule has 0 aliphatic heterocycles. The van der Waals surface area contributed by atoms with Crippen LogP contribution in [-0.4, -0.2) is 64.3 Å². The topological polar surface area (TPSA) is 77.2 Å². The highest BCUT2D eigenvalue weighted by atomic mass is 19.1. The minimum absolute atomic E-state index is 0.169. The molecule has 0 bridgehead atoms. The third-order valence-electron chi connectivity index (χ3n) is 6.38. The summed E-state index contributed by atoms with van der Waals surface area (Å²) in [6, 6.07) is 11.5. The van der Waals surface area contributed by atoms with Crippen LogP contribution in [0.25, 0.3) is 22.3 Å². The van der Waals surface area contributed by atoms with Gasteiger partial charge in [0, 0.05) is 42.7 Å². The van der Waals surface area contributed by atoms with E-state index in [9.17, 15) is 9.18 Å². The Morgan fingerprint density at radius 1 is 1.05 bits per heavy atom. The van der Waals surface area contributed by atoms with E-state index in [4.69, 9.17) is 4.74 Å². The summed E-state index contributed by atoms with van der Waals surface area (Å²) in [6.45, 7) is 4.93. The van der Waals surface area contributed by atoms with Crippen LogP contribution in [0.5, 0.6) is 5.75 Å². The molecule has 38 heavy (non-hydrogen) atoms. The first-order chi connectivity index (χ1) is 18.2. The monoisotopic (exact) mass is 518 g/mol. The molecule has 0 unspecified atom stereocenters. The van der Waals surface area contributed by atoms with Crippen molar-refractivity contribution in [1.29, 1.82) is 0 Å². The number of benzene rings is 2. The number of hydrogen-bond acceptors (Lipinski definition) is 5. The number of rotatable bonds is 11. The summed E-state index contributed by atoms with van der Waals surface area (Å²) in [5, 5.41) is 11.7. The van der Waals surface area contributed by atoms with Crippen molar-refractivity contribution in [3.63, 3.8) is 0 Å². The summed E-state index contributed by atoms with van der Waals surface area (Å²) in [4.78, 5) is 15.4. The minimum atomic E-state index is -0.480. The lowest BCUT2D eigenvalue weighted by atomic mass is 9.96. The van der Waals surface area contributed by atoms with E-state index in [0.717, 1.165) is 39.9 Å². The zero-order valence-corrected chi connectivity index (χ0v) is 22.6. The predicted octanol–water partition coefficient (Wildman–Crippen LogP) is 4.66. The van der Waals surface area contributed by atoms with Gasteiger partial charge in [-0.1, -0.05) is 6.07 Å². The molecule has 1 amide bonds. The number of aromatic nitrogens is 4. The van der Waals surface area contributed by atoms with E-state index in [1.165, 1.54) is 0 Å². The van der Waals surface area contributed by atoms with Gasteiger partial charge in [0.05, 0.1) is 25.0 Å². The molecule has 2 heterocycles.